The van der Waals surface area contributed by atoms with Gasteiger partial charge in [-0.1, -0.05) is 48.9 Å². The third-order valence-corrected chi connectivity index (χ3v) is 5.44. The first-order chi connectivity index (χ1) is 11.3. The number of sulfonamides is 1. The van der Waals surface area contributed by atoms with Crippen molar-refractivity contribution in [3.8, 4) is 0 Å². The quantitative estimate of drug-likeness (QED) is 0.825. The smallest absolute Gasteiger partial charge is 0.252 e. The highest BCUT2D eigenvalue weighted by atomic mass is 35.5. The Morgan fingerprint density at radius 3 is 2.46 bits per heavy atom. The van der Waals surface area contributed by atoms with Crippen molar-refractivity contribution in [2.75, 3.05) is 13.6 Å². The van der Waals surface area contributed by atoms with E-state index < -0.39 is 15.9 Å². The van der Waals surface area contributed by atoms with E-state index in [1.807, 2.05) is 37.3 Å². The molecule has 0 saturated carbocycles. The van der Waals surface area contributed by atoms with Gasteiger partial charge in [0.15, 0.2) is 0 Å². The average molecular weight is 367 g/mol. The molecule has 0 fully saturated rings. The monoisotopic (exact) mass is 366 g/mol. The summed E-state index contributed by atoms with van der Waals surface area (Å²) in [6, 6.07) is 13.8. The molecule has 0 aromatic heterocycles. The molecule has 5 nitrogen and oxygen atoms in total. The van der Waals surface area contributed by atoms with Crippen molar-refractivity contribution in [1.82, 2.24) is 10.0 Å². The number of carbonyl (C=O) groups excluding carboxylic acids is 1. The number of hydrogen-bond donors (Lipinski definition) is 2. The van der Waals surface area contributed by atoms with Gasteiger partial charge in [0.2, 0.25) is 10.0 Å². The summed E-state index contributed by atoms with van der Waals surface area (Å²) in [5, 5.41) is 3.00. The number of amides is 1. The lowest BCUT2D eigenvalue weighted by atomic mass is 10.0. The van der Waals surface area contributed by atoms with Crippen LogP contribution in [-0.2, 0) is 10.0 Å². The van der Waals surface area contributed by atoms with Gasteiger partial charge in [0, 0.05) is 6.54 Å². The Balaban J connectivity index is 2.14. The molecule has 0 bridgehead atoms. The Hall–Kier alpha value is -1.89. The fourth-order valence-corrected chi connectivity index (χ4v) is 3.16. The number of benzene rings is 2. The molecule has 0 heterocycles. The van der Waals surface area contributed by atoms with Crippen LogP contribution in [0, 0.1) is 0 Å². The molecular weight excluding hydrogens is 348 g/mol. The first-order valence-electron chi connectivity index (χ1n) is 7.41. The zero-order valence-electron chi connectivity index (χ0n) is 13.4. The molecule has 24 heavy (non-hydrogen) atoms. The predicted molar refractivity (Wildman–Crippen MR) is 94.9 cm³/mol. The van der Waals surface area contributed by atoms with Crippen LogP contribution in [0.3, 0.4) is 0 Å². The SMILES string of the molecule is CNS(=O)(=O)c1ccc(Cl)c(C(=O)NC[C@@H](C)c2ccccc2)c1. The largest absolute Gasteiger partial charge is 0.351 e. The number of hydrogen-bond acceptors (Lipinski definition) is 3. The Morgan fingerprint density at radius 2 is 1.83 bits per heavy atom. The van der Waals surface area contributed by atoms with Crippen molar-refractivity contribution in [3.63, 3.8) is 0 Å². The lowest BCUT2D eigenvalue weighted by Gasteiger charge is -2.14. The highest BCUT2D eigenvalue weighted by molar-refractivity contribution is 7.89. The molecule has 0 saturated heterocycles. The zero-order chi connectivity index (χ0) is 17.7. The normalized spacial score (nSPS) is 12.6. The van der Waals surface area contributed by atoms with Crippen molar-refractivity contribution >= 4 is 27.5 Å². The molecule has 2 N–H and O–H groups in total. The molecule has 1 atom stereocenters. The van der Waals surface area contributed by atoms with Crippen molar-refractivity contribution in [2.24, 2.45) is 0 Å². The molecule has 2 aromatic carbocycles. The second kappa shape index (κ2) is 7.79. The van der Waals surface area contributed by atoms with Crippen LogP contribution in [0.15, 0.2) is 53.4 Å². The third-order valence-electron chi connectivity index (χ3n) is 3.70. The van der Waals surface area contributed by atoms with E-state index in [9.17, 15) is 13.2 Å². The molecule has 0 aliphatic rings. The molecule has 0 aliphatic carbocycles. The number of halogens is 1. The molecule has 0 aliphatic heterocycles. The number of rotatable bonds is 6. The minimum absolute atomic E-state index is 0.00402. The van der Waals surface area contributed by atoms with Crippen LogP contribution in [0.4, 0.5) is 0 Å². The topological polar surface area (TPSA) is 75.3 Å². The summed E-state index contributed by atoms with van der Waals surface area (Å²) in [6.07, 6.45) is 0. The fourth-order valence-electron chi connectivity index (χ4n) is 2.20. The van der Waals surface area contributed by atoms with Crippen LogP contribution < -0.4 is 10.0 Å². The maximum absolute atomic E-state index is 12.4. The van der Waals surface area contributed by atoms with Crippen molar-refractivity contribution in [3.05, 3.63) is 64.7 Å². The van der Waals surface area contributed by atoms with Crippen LogP contribution in [0.25, 0.3) is 0 Å². The molecule has 128 valence electrons. The summed E-state index contributed by atoms with van der Waals surface area (Å²) in [5.41, 5.74) is 1.24. The van der Waals surface area contributed by atoms with Gasteiger partial charge in [-0.25, -0.2) is 13.1 Å². The molecule has 7 heteroatoms. The van der Waals surface area contributed by atoms with Crippen LogP contribution in [0.1, 0.15) is 28.8 Å². The molecule has 0 radical (unpaired) electrons. The lowest BCUT2D eigenvalue weighted by Crippen LogP contribution is -2.28. The van der Waals surface area contributed by atoms with Crippen LogP contribution >= 0.6 is 11.6 Å². The van der Waals surface area contributed by atoms with E-state index in [2.05, 4.69) is 10.0 Å². The second-order valence-corrected chi connectivity index (χ2v) is 7.66. The summed E-state index contributed by atoms with van der Waals surface area (Å²) in [7, 11) is -2.32. The molecule has 1 amide bonds. The van der Waals surface area contributed by atoms with Gasteiger partial charge in [0.25, 0.3) is 5.91 Å². The Labute approximate surface area is 147 Å². The van der Waals surface area contributed by atoms with Gasteiger partial charge in [-0.15, -0.1) is 0 Å². The van der Waals surface area contributed by atoms with Gasteiger partial charge >= 0.3 is 0 Å². The standard InChI is InChI=1S/C17H19ClN2O3S/c1-12(13-6-4-3-5-7-13)11-20-17(21)15-10-14(8-9-16(15)18)24(22,23)19-2/h3-10,12,19H,11H2,1-2H3,(H,20,21)/t12-/m1/s1. The molecule has 0 spiro atoms. The highest BCUT2D eigenvalue weighted by Crippen LogP contribution is 2.21. The first kappa shape index (κ1) is 18.4. The van der Waals surface area contributed by atoms with E-state index in [1.54, 1.807) is 0 Å². The van der Waals surface area contributed by atoms with Crippen LogP contribution in [0.5, 0.6) is 0 Å². The number of carbonyl (C=O) groups is 1. The van der Waals surface area contributed by atoms with E-state index in [0.29, 0.717) is 6.54 Å². The van der Waals surface area contributed by atoms with Gasteiger partial charge < -0.3 is 5.32 Å². The molecule has 2 rings (SSSR count). The van der Waals surface area contributed by atoms with Gasteiger partial charge in [0.1, 0.15) is 0 Å². The average Bonchev–Trinajstić information content (AvgIpc) is 2.60. The fraction of sp³-hybridized carbons (Fsp3) is 0.235. The zero-order valence-corrected chi connectivity index (χ0v) is 15.0. The summed E-state index contributed by atoms with van der Waals surface area (Å²) >= 11 is 6.04. The Morgan fingerprint density at radius 1 is 1.17 bits per heavy atom. The summed E-state index contributed by atoms with van der Waals surface area (Å²) in [4.78, 5) is 12.4. The van der Waals surface area contributed by atoms with E-state index in [4.69, 9.17) is 11.6 Å². The lowest BCUT2D eigenvalue weighted by molar-refractivity contribution is 0.0951. The van der Waals surface area contributed by atoms with E-state index in [1.165, 1.54) is 25.2 Å². The maximum Gasteiger partial charge on any atom is 0.252 e. The summed E-state index contributed by atoms with van der Waals surface area (Å²) in [6.45, 7) is 2.42. The third kappa shape index (κ3) is 4.35. The number of nitrogens with one attached hydrogen (secondary N) is 2. The van der Waals surface area contributed by atoms with Gasteiger partial charge in [-0.3, -0.25) is 4.79 Å². The van der Waals surface area contributed by atoms with Gasteiger partial charge in [0.05, 0.1) is 15.5 Å². The van der Waals surface area contributed by atoms with E-state index in [-0.39, 0.29) is 21.4 Å². The highest BCUT2D eigenvalue weighted by Gasteiger charge is 2.18. The van der Waals surface area contributed by atoms with E-state index >= 15 is 0 Å². The summed E-state index contributed by atoms with van der Waals surface area (Å²) < 4.78 is 25.9. The maximum atomic E-state index is 12.4. The molecular formula is C17H19ClN2O3S. The van der Waals surface area contributed by atoms with Gasteiger partial charge in [-0.05, 0) is 36.7 Å². The first-order valence-corrected chi connectivity index (χ1v) is 9.27. The van der Waals surface area contributed by atoms with Crippen LogP contribution in [0.2, 0.25) is 5.02 Å². The Bertz CT molecular complexity index is 823. The van der Waals surface area contributed by atoms with Gasteiger partial charge in [-0.2, -0.15) is 0 Å². The minimum Gasteiger partial charge on any atom is -0.351 e. The minimum atomic E-state index is -3.63. The molecule has 0 unspecified atom stereocenters. The van der Waals surface area contributed by atoms with Crippen molar-refractivity contribution in [1.29, 1.82) is 0 Å². The van der Waals surface area contributed by atoms with Crippen molar-refractivity contribution in [2.45, 2.75) is 17.7 Å². The van der Waals surface area contributed by atoms with Crippen molar-refractivity contribution < 1.29 is 13.2 Å². The summed E-state index contributed by atoms with van der Waals surface area (Å²) in [5.74, 6) is -0.283. The van der Waals surface area contributed by atoms with Crippen LogP contribution in [-0.4, -0.2) is 27.9 Å². The Kier molecular flexibility index (Phi) is 5.99. The predicted octanol–water partition coefficient (Wildman–Crippen LogP) is 2.78. The second-order valence-electron chi connectivity index (χ2n) is 5.37. The van der Waals surface area contributed by atoms with E-state index in [0.717, 1.165) is 5.56 Å². The molecule has 2 aromatic rings.